The summed E-state index contributed by atoms with van der Waals surface area (Å²) in [6, 6.07) is 3.03. The molecule has 0 aliphatic carbocycles. The molecule has 17 heavy (non-hydrogen) atoms. The Bertz CT molecular complexity index is 109. The molecule has 0 aromatic heterocycles. The van der Waals surface area contributed by atoms with Crippen LogP contribution in [0.4, 0.5) is 0 Å². The number of rotatable bonds is 14. The highest BCUT2D eigenvalue weighted by atomic mass is 28.2. The molecule has 0 N–H and O–H groups in total. The molecule has 0 spiro atoms. The molecule has 0 aliphatic heterocycles. The summed E-state index contributed by atoms with van der Waals surface area (Å²) in [5.74, 6) is 0. The van der Waals surface area contributed by atoms with Gasteiger partial charge in [-0.15, -0.1) is 0 Å². The number of unbranched alkanes of at least 4 members (excludes halogenated alkanes) is 10. The minimum absolute atomic E-state index is 1.26. The Balaban J connectivity index is 2.85. The van der Waals surface area contributed by atoms with Crippen LogP contribution >= 0.6 is 0 Å². The fourth-order valence-corrected chi connectivity index (χ4v) is 3.44. The van der Waals surface area contributed by atoms with E-state index in [1.165, 1.54) is 98.7 Å². The Kier molecular flexibility index (Phi) is 16.4. The van der Waals surface area contributed by atoms with Gasteiger partial charge in [0.15, 0.2) is 0 Å². The summed E-state index contributed by atoms with van der Waals surface area (Å²) < 4.78 is 0. The molecular weight excluding hydrogens is 220 g/mol. The van der Waals surface area contributed by atoms with Gasteiger partial charge in [-0.25, -0.2) is 0 Å². The summed E-state index contributed by atoms with van der Waals surface area (Å²) in [7, 11) is 1.26. The van der Waals surface area contributed by atoms with Gasteiger partial charge < -0.3 is 0 Å². The molecule has 0 amide bonds. The molecule has 0 radical (unpaired) electrons. The smallest absolute Gasteiger partial charge is 0.0654 e. The molecule has 0 aliphatic rings. The fraction of sp³-hybridized carbons (Fsp3) is 1.00. The maximum absolute atomic E-state index is 2.29. The van der Waals surface area contributed by atoms with Crippen LogP contribution in [0.5, 0.6) is 0 Å². The standard InChI is InChI=1S/C16H34Si/c1-3-5-7-9-11-13-15-17-16-14-12-10-8-6-4-2/h3-16H2,1-2H3/q+2. The van der Waals surface area contributed by atoms with Crippen molar-refractivity contribution in [2.75, 3.05) is 0 Å². The number of hydrogen-bond donors (Lipinski definition) is 0. The average Bonchev–Trinajstić information content (AvgIpc) is 2.35. The lowest BCUT2D eigenvalue weighted by Crippen LogP contribution is -1.90. The molecule has 0 nitrogen and oxygen atoms in total. The van der Waals surface area contributed by atoms with Gasteiger partial charge in [-0.05, 0) is 12.8 Å². The van der Waals surface area contributed by atoms with Gasteiger partial charge in [-0.2, -0.15) is 0 Å². The first kappa shape index (κ1) is 17.2. The van der Waals surface area contributed by atoms with Crippen LogP contribution in [-0.4, -0.2) is 9.52 Å². The molecule has 0 rings (SSSR count). The van der Waals surface area contributed by atoms with Crippen LogP contribution in [0.2, 0.25) is 12.1 Å². The summed E-state index contributed by atoms with van der Waals surface area (Å²) in [6.45, 7) is 4.59. The van der Waals surface area contributed by atoms with E-state index in [2.05, 4.69) is 13.8 Å². The molecule has 0 saturated carbocycles. The summed E-state index contributed by atoms with van der Waals surface area (Å²) in [5.41, 5.74) is 0. The first-order chi connectivity index (χ1) is 8.41. The van der Waals surface area contributed by atoms with Crippen molar-refractivity contribution in [1.29, 1.82) is 0 Å². The summed E-state index contributed by atoms with van der Waals surface area (Å²) in [6.07, 6.45) is 17.5. The average molecular weight is 255 g/mol. The molecule has 1 heteroatoms. The van der Waals surface area contributed by atoms with Crippen molar-refractivity contribution in [3.63, 3.8) is 0 Å². The van der Waals surface area contributed by atoms with Crippen molar-refractivity contribution in [3.8, 4) is 0 Å². The summed E-state index contributed by atoms with van der Waals surface area (Å²) in [4.78, 5) is 0. The van der Waals surface area contributed by atoms with Crippen LogP contribution in [0.1, 0.15) is 90.9 Å². The quantitative estimate of drug-likeness (QED) is 0.254. The molecular formula is C16H34Si+2. The van der Waals surface area contributed by atoms with Crippen molar-refractivity contribution in [1.82, 2.24) is 0 Å². The maximum atomic E-state index is 2.29. The van der Waals surface area contributed by atoms with Crippen LogP contribution in [-0.2, 0) is 0 Å². The second-order valence-corrected chi connectivity index (χ2v) is 6.79. The van der Waals surface area contributed by atoms with Crippen LogP contribution in [0.15, 0.2) is 0 Å². The molecule has 0 unspecified atom stereocenters. The van der Waals surface area contributed by atoms with Gasteiger partial charge in [0, 0.05) is 12.8 Å². The van der Waals surface area contributed by atoms with Crippen LogP contribution < -0.4 is 0 Å². The van der Waals surface area contributed by atoms with Gasteiger partial charge >= 0.3 is 9.52 Å². The summed E-state index contributed by atoms with van der Waals surface area (Å²) >= 11 is 0. The van der Waals surface area contributed by atoms with E-state index in [0.717, 1.165) is 0 Å². The van der Waals surface area contributed by atoms with Crippen LogP contribution in [0.3, 0.4) is 0 Å². The first-order valence-electron chi connectivity index (χ1n) is 8.12. The van der Waals surface area contributed by atoms with E-state index in [0.29, 0.717) is 0 Å². The predicted molar refractivity (Wildman–Crippen MR) is 82.1 cm³/mol. The molecule has 0 fully saturated rings. The Morgan fingerprint density at radius 3 is 1.24 bits per heavy atom. The van der Waals surface area contributed by atoms with Gasteiger partial charge in [0.1, 0.15) is 0 Å². The zero-order valence-corrected chi connectivity index (χ0v) is 13.4. The van der Waals surface area contributed by atoms with E-state index in [1.807, 2.05) is 0 Å². The van der Waals surface area contributed by atoms with Crippen molar-refractivity contribution >= 4 is 9.52 Å². The normalized spacial score (nSPS) is 10.5. The van der Waals surface area contributed by atoms with Gasteiger partial charge in [-0.3, -0.25) is 0 Å². The number of hydrogen-bond acceptors (Lipinski definition) is 0. The second kappa shape index (κ2) is 16.2. The van der Waals surface area contributed by atoms with Crippen molar-refractivity contribution in [2.24, 2.45) is 0 Å². The highest BCUT2D eigenvalue weighted by molar-refractivity contribution is 6.35. The topological polar surface area (TPSA) is 0 Å². The van der Waals surface area contributed by atoms with Gasteiger partial charge in [-0.1, -0.05) is 65.2 Å². The van der Waals surface area contributed by atoms with E-state index in [1.54, 1.807) is 0 Å². The van der Waals surface area contributed by atoms with E-state index >= 15 is 0 Å². The van der Waals surface area contributed by atoms with Crippen LogP contribution in [0, 0.1) is 0 Å². The minimum Gasteiger partial charge on any atom is -0.0654 e. The molecule has 0 aromatic rings. The van der Waals surface area contributed by atoms with Gasteiger partial charge in [0.2, 0.25) is 12.1 Å². The first-order valence-corrected chi connectivity index (χ1v) is 9.54. The van der Waals surface area contributed by atoms with E-state index in [-0.39, 0.29) is 0 Å². The maximum Gasteiger partial charge on any atom is 0.903 e. The zero-order valence-electron chi connectivity index (χ0n) is 12.4. The second-order valence-electron chi connectivity index (χ2n) is 5.29. The molecule has 100 valence electrons. The lowest BCUT2D eigenvalue weighted by atomic mass is 10.1. The van der Waals surface area contributed by atoms with Crippen molar-refractivity contribution < 1.29 is 0 Å². The zero-order chi connectivity index (χ0) is 12.6. The molecule has 0 aromatic carbocycles. The third kappa shape index (κ3) is 16.2. The Morgan fingerprint density at radius 1 is 0.471 bits per heavy atom. The molecule has 0 bridgehead atoms. The molecule has 0 saturated heterocycles. The third-order valence-corrected chi connectivity index (χ3v) is 4.83. The van der Waals surface area contributed by atoms with E-state index < -0.39 is 0 Å². The highest BCUT2D eigenvalue weighted by Gasteiger charge is 2.29. The minimum atomic E-state index is 1.26. The predicted octanol–water partition coefficient (Wildman–Crippen LogP) is 6.25. The third-order valence-electron chi connectivity index (χ3n) is 3.41. The van der Waals surface area contributed by atoms with Crippen LogP contribution in [0.25, 0.3) is 0 Å². The fourth-order valence-electron chi connectivity index (χ4n) is 2.19. The SMILES string of the molecule is CCCCCCCC[Si+2]CCCCCCCC. The Morgan fingerprint density at radius 2 is 0.824 bits per heavy atom. The Hall–Kier alpha value is 0.217. The highest BCUT2D eigenvalue weighted by Crippen LogP contribution is 2.10. The Labute approximate surface area is 113 Å². The van der Waals surface area contributed by atoms with Crippen molar-refractivity contribution in [3.05, 3.63) is 0 Å². The molecule has 0 heterocycles. The summed E-state index contributed by atoms with van der Waals surface area (Å²) in [5, 5.41) is 0. The molecule has 0 atom stereocenters. The van der Waals surface area contributed by atoms with Gasteiger partial charge in [0.25, 0.3) is 0 Å². The lowest BCUT2D eigenvalue weighted by molar-refractivity contribution is 0.618. The monoisotopic (exact) mass is 254 g/mol. The van der Waals surface area contributed by atoms with Crippen molar-refractivity contribution in [2.45, 2.75) is 103 Å². The lowest BCUT2D eigenvalue weighted by Gasteiger charge is -1.94. The van der Waals surface area contributed by atoms with E-state index in [9.17, 15) is 0 Å². The van der Waals surface area contributed by atoms with Gasteiger partial charge in [0.05, 0.1) is 0 Å². The largest absolute Gasteiger partial charge is 0.903 e. The van der Waals surface area contributed by atoms with E-state index in [4.69, 9.17) is 0 Å².